The monoisotopic (exact) mass is 480 g/mol. The van der Waals surface area contributed by atoms with Gasteiger partial charge in [0.15, 0.2) is 6.10 Å². The van der Waals surface area contributed by atoms with Gasteiger partial charge in [0, 0.05) is 25.7 Å². The zero-order valence-electron chi connectivity index (χ0n) is 19.9. The van der Waals surface area contributed by atoms with Crippen molar-refractivity contribution in [1.29, 1.82) is 0 Å². The van der Waals surface area contributed by atoms with Gasteiger partial charge in [-0.25, -0.2) is 13.2 Å². The highest BCUT2D eigenvalue weighted by Crippen LogP contribution is 2.30. The average molecular weight is 481 g/mol. The summed E-state index contributed by atoms with van der Waals surface area (Å²) in [5, 5.41) is 0. The zero-order chi connectivity index (χ0) is 24.0. The van der Waals surface area contributed by atoms with Gasteiger partial charge < -0.3 is 14.4 Å². The fourth-order valence-corrected chi connectivity index (χ4v) is 6.35. The molecule has 2 fully saturated rings. The topological polar surface area (TPSA) is 93.2 Å². The molecule has 9 heteroatoms. The molecule has 2 saturated heterocycles. The Hall–Kier alpha value is -2.13. The van der Waals surface area contributed by atoms with E-state index < -0.39 is 22.1 Å². The molecule has 2 unspecified atom stereocenters. The zero-order valence-corrected chi connectivity index (χ0v) is 20.7. The molecule has 2 aliphatic rings. The number of hydrogen-bond donors (Lipinski definition) is 0. The Morgan fingerprint density at radius 1 is 1.06 bits per heavy atom. The van der Waals surface area contributed by atoms with Crippen molar-refractivity contribution in [3.63, 3.8) is 0 Å². The third kappa shape index (κ3) is 5.87. The first-order valence-electron chi connectivity index (χ1n) is 12.0. The molecule has 2 atom stereocenters. The number of amides is 1. The minimum Gasteiger partial charge on any atom is -0.495 e. The van der Waals surface area contributed by atoms with Crippen LogP contribution in [0.3, 0.4) is 0 Å². The van der Waals surface area contributed by atoms with Gasteiger partial charge in [-0.1, -0.05) is 19.8 Å². The van der Waals surface area contributed by atoms with E-state index in [0.29, 0.717) is 19.6 Å². The molecule has 1 aromatic rings. The van der Waals surface area contributed by atoms with Crippen LogP contribution in [0.25, 0.3) is 0 Å². The van der Waals surface area contributed by atoms with Crippen LogP contribution in [0.15, 0.2) is 23.1 Å². The predicted molar refractivity (Wildman–Crippen MR) is 125 cm³/mol. The van der Waals surface area contributed by atoms with Gasteiger partial charge in [-0.15, -0.1) is 0 Å². The van der Waals surface area contributed by atoms with Gasteiger partial charge in [0.2, 0.25) is 10.0 Å². The van der Waals surface area contributed by atoms with Gasteiger partial charge in [0.05, 0.1) is 12.7 Å². The number of ether oxygens (including phenoxy) is 2. The molecule has 2 aliphatic heterocycles. The maximum absolute atomic E-state index is 13.3. The summed E-state index contributed by atoms with van der Waals surface area (Å²) in [4.78, 5) is 27.5. The van der Waals surface area contributed by atoms with Crippen LogP contribution >= 0.6 is 0 Å². The highest BCUT2D eigenvalue weighted by Gasteiger charge is 2.32. The van der Waals surface area contributed by atoms with Gasteiger partial charge in [0.25, 0.3) is 5.91 Å². The minimum atomic E-state index is -3.83. The second-order valence-electron chi connectivity index (χ2n) is 8.82. The van der Waals surface area contributed by atoms with E-state index in [4.69, 9.17) is 9.47 Å². The summed E-state index contributed by atoms with van der Waals surface area (Å²) in [6.45, 7) is 5.18. The van der Waals surface area contributed by atoms with E-state index in [1.165, 1.54) is 29.6 Å². The SMILES string of the molecule is CCC1CCCCN1C(=O)C(C)OC(=O)c1ccc(OC)c(S(=O)(=O)N2CCCCCC2)c1. The van der Waals surface area contributed by atoms with Gasteiger partial charge in [-0.05, 0) is 63.6 Å². The van der Waals surface area contributed by atoms with Crippen molar-refractivity contribution in [2.24, 2.45) is 0 Å². The molecule has 33 heavy (non-hydrogen) atoms. The molecule has 0 spiro atoms. The number of piperidine rings is 1. The lowest BCUT2D eigenvalue weighted by Crippen LogP contribution is -2.48. The van der Waals surface area contributed by atoms with Crippen molar-refractivity contribution in [2.75, 3.05) is 26.7 Å². The summed E-state index contributed by atoms with van der Waals surface area (Å²) in [5.74, 6) is -0.754. The van der Waals surface area contributed by atoms with E-state index in [0.717, 1.165) is 51.4 Å². The lowest BCUT2D eigenvalue weighted by Gasteiger charge is -2.36. The number of likely N-dealkylation sites (tertiary alicyclic amines) is 1. The molecule has 1 aromatic carbocycles. The predicted octanol–water partition coefficient (Wildman–Crippen LogP) is 3.60. The number of esters is 1. The van der Waals surface area contributed by atoms with Gasteiger partial charge in [0.1, 0.15) is 10.6 Å². The summed E-state index contributed by atoms with van der Waals surface area (Å²) in [7, 11) is -2.43. The number of hydrogen-bond acceptors (Lipinski definition) is 6. The number of nitrogens with zero attached hydrogens (tertiary/aromatic N) is 2. The molecule has 3 rings (SSSR count). The van der Waals surface area contributed by atoms with E-state index >= 15 is 0 Å². The van der Waals surface area contributed by atoms with Crippen molar-refractivity contribution in [3.8, 4) is 5.75 Å². The van der Waals surface area contributed by atoms with Crippen molar-refractivity contribution >= 4 is 21.9 Å². The fourth-order valence-electron chi connectivity index (χ4n) is 4.65. The third-order valence-corrected chi connectivity index (χ3v) is 8.52. The quantitative estimate of drug-likeness (QED) is 0.554. The number of methoxy groups -OCH3 is 1. The molecular weight excluding hydrogens is 444 g/mol. The molecule has 0 bridgehead atoms. The Morgan fingerprint density at radius 2 is 1.73 bits per heavy atom. The Labute approximate surface area is 197 Å². The maximum atomic E-state index is 13.3. The van der Waals surface area contributed by atoms with Crippen molar-refractivity contribution < 1.29 is 27.5 Å². The van der Waals surface area contributed by atoms with Crippen LogP contribution in [0.2, 0.25) is 0 Å². The van der Waals surface area contributed by atoms with E-state index in [1.807, 2.05) is 4.90 Å². The lowest BCUT2D eigenvalue weighted by molar-refractivity contribution is -0.143. The number of carbonyl (C=O) groups is 2. The van der Waals surface area contributed by atoms with E-state index in [-0.39, 0.29) is 28.2 Å². The van der Waals surface area contributed by atoms with Crippen LogP contribution in [0.4, 0.5) is 0 Å². The molecule has 2 heterocycles. The Morgan fingerprint density at radius 3 is 2.36 bits per heavy atom. The smallest absolute Gasteiger partial charge is 0.338 e. The van der Waals surface area contributed by atoms with Gasteiger partial charge >= 0.3 is 5.97 Å². The Kier molecular flexibility index (Phi) is 8.75. The van der Waals surface area contributed by atoms with Crippen molar-refractivity contribution in [1.82, 2.24) is 9.21 Å². The first kappa shape index (κ1) is 25.5. The van der Waals surface area contributed by atoms with Crippen LogP contribution in [-0.4, -0.2) is 68.4 Å². The highest BCUT2D eigenvalue weighted by molar-refractivity contribution is 7.89. The standard InChI is InChI=1S/C24H36N2O6S/c1-4-20-11-7-10-16-26(20)23(27)18(2)32-24(28)19-12-13-21(31-3)22(17-19)33(29,30)25-14-8-5-6-9-15-25/h12-13,17-18,20H,4-11,14-16H2,1-3H3. The second kappa shape index (κ2) is 11.3. The first-order chi connectivity index (χ1) is 15.8. The summed E-state index contributed by atoms with van der Waals surface area (Å²) in [6, 6.07) is 4.40. The normalized spacial score (nSPS) is 21.2. The molecule has 0 saturated carbocycles. The highest BCUT2D eigenvalue weighted by atomic mass is 32.2. The summed E-state index contributed by atoms with van der Waals surface area (Å²) in [6.07, 6.45) is 6.51. The Bertz CT molecular complexity index is 940. The molecule has 8 nitrogen and oxygen atoms in total. The maximum Gasteiger partial charge on any atom is 0.338 e. The molecule has 184 valence electrons. The van der Waals surface area contributed by atoms with Crippen LogP contribution in [0.5, 0.6) is 5.75 Å². The minimum absolute atomic E-state index is 0.0533. The summed E-state index contributed by atoms with van der Waals surface area (Å²) in [5.41, 5.74) is 0.0783. The second-order valence-corrected chi connectivity index (χ2v) is 10.7. The molecule has 0 radical (unpaired) electrons. The molecule has 0 aliphatic carbocycles. The van der Waals surface area contributed by atoms with Crippen LogP contribution in [0.1, 0.15) is 75.6 Å². The molecule has 0 N–H and O–H groups in total. The van der Waals surface area contributed by atoms with Gasteiger partial charge in [-0.2, -0.15) is 4.31 Å². The Balaban J connectivity index is 1.79. The van der Waals surface area contributed by atoms with Crippen LogP contribution in [-0.2, 0) is 19.6 Å². The number of sulfonamides is 1. The lowest BCUT2D eigenvalue weighted by atomic mass is 9.99. The first-order valence-corrected chi connectivity index (χ1v) is 13.4. The number of carbonyl (C=O) groups excluding carboxylic acids is 2. The van der Waals surface area contributed by atoms with E-state index in [2.05, 4.69) is 6.92 Å². The van der Waals surface area contributed by atoms with E-state index in [1.54, 1.807) is 6.92 Å². The molecular formula is C24H36N2O6S. The molecule has 0 aromatic heterocycles. The fraction of sp³-hybridized carbons (Fsp3) is 0.667. The van der Waals surface area contributed by atoms with Crippen LogP contribution in [0, 0.1) is 0 Å². The largest absolute Gasteiger partial charge is 0.495 e. The van der Waals surface area contributed by atoms with Crippen molar-refractivity contribution in [3.05, 3.63) is 23.8 Å². The van der Waals surface area contributed by atoms with Crippen LogP contribution < -0.4 is 4.74 Å². The summed E-state index contributed by atoms with van der Waals surface area (Å²) < 4.78 is 38.9. The number of benzene rings is 1. The third-order valence-electron chi connectivity index (χ3n) is 6.60. The van der Waals surface area contributed by atoms with Crippen molar-refractivity contribution in [2.45, 2.75) is 82.3 Å². The van der Waals surface area contributed by atoms with E-state index in [9.17, 15) is 18.0 Å². The molecule has 1 amide bonds. The number of rotatable bonds is 7. The summed E-state index contributed by atoms with van der Waals surface area (Å²) >= 11 is 0. The average Bonchev–Trinajstić information content (AvgIpc) is 3.13. The van der Waals surface area contributed by atoms with Gasteiger partial charge in [-0.3, -0.25) is 4.79 Å².